The molecule has 0 saturated carbocycles. The van der Waals surface area contributed by atoms with Gasteiger partial charge in [0.15, 0.2) is 0 Å². The van der Waals surface area contributed by atoms with Crippen molar-refractivity contribution in [2.75, 3.05) is 6.61 Å². The first-order valence-electron chi connectivity index (χ1n) is 5.98. The van der Waals surface area contributed by atoms with Crippen molar-refractivity contribution in [3.05, 3.63) is 35.8 Å². The molecule has 0 atom stereocenters. The fourth-order valence-electron chi connectivity index (χ4n) is 1.37. The van der Waals surface area contributed by atoms with Gasteiger partial charge in [-0.3, -0.25) is 9.78 Å². The summed E-state index contributed by atoms with van der Waals surface area (Å²) in [7, 11) is 0. The monoisotopic (exact) mass is 248 g/mol. The van der Waals surface area contributed by atoms with Gasteiger partial charge in [0.1, 0.15) is 0 Å². The van der Waals surface area contributed by atoms with Crippen LogP contribution in [0.15, 0.2) is 24.7 Å². The third-order valence-electron chi connectivity index (χ3n) is 2.10. The van der Waals surface area contributed by atoms with Crippen molar-refractivity contribution in [2.45, 2.75) is 33.2 Å². The normalized spacial score (nSPS) is 11.6. The summed E-state index contributed by atoms with van der Waals surface area (Å²) in [5.74, 6) is -0.133. The van der Waals surface area contributed by atoms with E-state index in [0.717, 1.165) is 5.56 Å². The number of amides is 1. The molecule has 1 heterocycles. The number of carbonyl (C=O) groups is 1. The molecule has 0 spiro atoms. The fourth-order valence-corrected chi connectivity index (χ4v) is 1.37. The summed E-state index contributed by atoms with van der Waals surface area (Å²) in [4.78, 5) is 16.1. The van der Waals surface area contributed by atoms with Gasteiger partial charge in [0.2, 0.25) is 0 Å². The minimum Gasteiger partial charge on any atom is -0.501 e. The number of nitrogens with one attached hydrogen (secondary N) is 1. The van der Waals surface area contributed by atoms with Crippen LogP contribution >= 0.6 is 0 Å². The Hall–Kier alpha value is -1.84. The summed E-state index contributed by atoms with van der Waals surface area (Å²) in [5.41, 5.74) is 1.07. The van der Waals surface area contributed by atoms with E-state index < -0.39 is 0 Å². The first-order chi connectivity index (χ1) is 8.44. The van der Waals surface area contributed by atoms with Gasteiger partial charge in [-0.2, -0.15) is 0 Å². The molecule has 1 aromatic rings. The molecule has 0 aromatic carbocycles. The third kappa shape index (κ3) is 4.57. The number of carbonyl (C=O) groups excluding carboxylic acids is 1. The predicted octanol–water partition coefficient (Wildman–Crippen LogP) is 2.62. The smallest absolute Gasteiger partial charge is 0.253 e. The SMILES string of the molecule is CCO/C=C/c1ccncc1C(=O)NC(C)(C)C. The van der Waals surface area contributed by atoms with E-state index in [1.807, 2.05) is 27.7 Å². The van der Waals surface area contributed by atoms with Gasteiger partial charge in [-0.25, -0.2) is 0 Å². The van der Waals surface area contributed by atoms with Crippen LogP contribution in [0.2, 0.25) is 0 Å². The number of pyridine rings is 1. The van der Waals surface area contributed by atoms with E-state index in [1.165, 1.54) is 0 Å². The second kappa shape index (κ2) is 6.19. The van der Waals surface area contributed by atoms with Crippen molar-refractivity contribution in [3.63, 3.8) is 0 Å². The van der Waals surface area contributed by atoms with Crippen LogP contribution in [0, 0.1) is 0 Å². The van der Waals surface area contributed by atoms with Gasteiger partial charge < -0.3 is 10.1 Å². The highest BCUT2D eigenvalue weighted by atomic mass is 16.5. The van der Waals surface area contributed by atoms with E-state index in [4.69, 9.17) is 4.74 Å². The Morgan fingerprint density at radius 2 is 2.22 bits per heavy atom. The lowest BCUT2D eigenvalue weighted by Gasteiger charge is -2.20. The van der Waals surface area contributed by atoms with Gasteiger partial charge in [-0.15, -0.1) is 0 Å². The molecule has 18 heavy (non-hydrogen) atoms. The van der Waals surface area contributed by atoms with Crippen LogP contribution in [0.1, 0.15) is 43.6 Å². The topological polar surface area (TPSA) is 51.2 Å². The van der Waals surface area contributed by atoms with Crippen molar-refractivity contribution in [3.8, 4) is 0 Å². The van der Waals surface area contributed by atoms with Crippen molar-refractivity contribution >= 4 is 12.0 Å². The average Bonchev–Trinajstić information content (AvgIpc) is 2.27. The van der Waals surface area contributed by atoms with Crippen LogP contribution in [0.25, 0.3) is 6.08 Å². The minimum absolute atomic E-state index is 0.133. The quantitative estimate of drug-likeness (QED) is 0.833. The highest BCUT2D eigenvalue weighted by Gasteiger charge is 2.17. The van der Waals surface area contributed by atoms with Crippen molar-refractivity contribution < 1.29 is 9.53 Å². The van der Waals surface area contributed by atoms with E-state index in [-0.39, 0.29) is 11.4 Å². The second-order valence-electron chi connectivity index (χ2n) is 4.93. The maximum atomic E-state index is 12.1. The third-order valence-corrected chi connectivity index (χ3v) is 2.10. The predicted molar refractivity (Wildman–Crippen MR) is 72.1 cm³/mol. The maximum absolute atomic E-state index is 12.1. The molecule has 1 N–H and O–H groups in total. The molecule has 0 saturated heterocycles. The molecule has 0 aliphatic carbocycles. The van der Waals surface area contributed by atoms with Crippen molar-refractivity contribution in [1.29, 1.82) is 0 Å². The van der Waals surface area contributed by atoms with Gasteiger partial charge in [0.25, 0.3) is 5.91 Å². The molecule has 0 fully saturated rings. The molecule has 4 nitrogen and oxygen atoms in total. The Labute approximate surface area is 108 Å². The lowest BCUT2D eigenvalue weighted by molar-refractivity contribution is 0.0919. The average molecular weight is 248 g/mol. The van der Waals surface area contributed by atoms with Crippen LogP contribution < -0.4 is 5.32 Å². The van der Waals surface area contributed by atoms with E-state index in [9.17, 15) is 4.79 Å². The van der Waals surface area contributed by atoms with Gasteiger partial charge in [-0.05, 0) is 45.4 Å². The second-order valence-corrected chi connectivity index (χ2v) is 4.93. The van der Waals surface area contributed by atoms with Crippen molar-refractivity contribution in [2.24, 2.45) is 0 Å². The summed E-state index contributed by atoms with van der Waals surface area (Å²) < 4.78 is 5.14. The molecule has 1 amide bonds. The number of rotatable bonds is 4. The molecular formula is C14H20N2O2. The number of ether oxygens (including phenoxy) is 1. The van der Waals surface area contributed by atoms with Gasteiger partial charge in [0, 0.05) is 17.9 Å². The Morgan fingerprint density at radius 3 is 2.83 bits per heavy atom. The summed E-state index contributed by atoms with van der Waals surface area (Å²) in [6, 6.07) is 1.78. The molecule has 1 rings (SSSR count). The van der Waals surface area contributed by atoms with Crippen LogP contribution in [-0.2, 0) is 4.74 Å². The highest BCUT2D eigenvalue weighted by molar-refractivity contribution is 5.97. The molecule has 0 unspecified atom stereocenters. The zero-order chi connectivity index (χ0) is 13.6. The van der Waals surface area contributed by atoms with Crippen LogP contribution in [-0.4, -0.2) is 23.0 Å². The van der Waals surface area contributed by atoms with Crippen LogP contribution in [0.3, 0.4) is 0 Å². The first-order valence-corrected chi connectivity index (χ1v) is 5.98. The van der Waals surface area contributed by atoms with Crippen LogP contribution in [0.4, 0.5) is 0 Å². The van der Waals surface area contributed by atoms with Crippen LogP contribution in [0.5, 0.6) is 0 Å². The zero-order valence-electron chi connectivity index (χ0n) is 11.4. The van der Waals surface area contributed by atoms with Crippen molar-refractivity contribution in [1.82, 2.24) is 10.3 Å². The standard InChI is InChI=1S/C14H20N2O2/c1-5-18-9-7-11-6-8-15-10-12(11)13(17)16-14(2,3)4/h6-10H,5H2,1-4H3,(H,16,17)/b9-7+. The number of aromatic nitrogens is 1. The minimum atomic E-state index is -0.270. The summed E-state index contributed by atoms with van der Waals surface area (Å²) >= 11 is 0. The number of hydrogen-bond acceptors (Lipinski definition) is 3. The maximum Gasteiger partial charge on any atom is 0.253 e. The highest BCUT2D eigenvalue weighted by Crippen LogP contribution is 2.11. The lowest BCUT2D eigenvalue weighted by Crippen LogP contribution is -2.40. The summed E-state index contributed by atoms with van der Waals surface area (Å²) in [6.07, 6.45) is 6.57. The van der Waals surface area contributed by atoms with Gasteiger partial charge in [-0.1, -0.05) is 0 Å². The Bertz CT molecular complexity index is 434. The fraction of sp³-hybridized carbons (Fsp3) is 0.429. The van der Waals surface area contributed by atoms with E-state index in [0.29, 0.717) is 12.2 Å². The molecule has 1 aromatic heterocycles. The van der Waals surface area contributed by atoms with Gasteiger partial charge >= 0.3 is 0 Å². The molecular weight excluding hydrogens is 228 g/mol. The molecule has 0 aliphatic rings. The van der Waals surface area contributed by atoms with E-state index in [1.54, 1.807) is 30.8 Å². The van der Waals surface area contributed by atoms with Gasteiger partial charge in [0.05, 0.1) is 18.4 Å². The van der Waals surface area contributed by atoms with E-state index >= 15 is 0 Å². The molecule has 98 valence electrons. The van der Waals surface area contributed by atoms with E-state index in [2.05, 4.69) is 10.3 Å². The zero-order valence-corrected chi connectivity index (χ0v) is 11.4. The Morgan fingerprint density at radius 1 is 1.50 bits per heavy atom. The number of nitrogens with zero attached hydrogens (tertiary/aromatic N) is 1. The summed E-state index contributed by atoms with van der Waals surface area (Å²) in [5, 5.41) is 2.91. The molecule has 0 radical (unpaired) electrons. The first kappa shape index (κ1) is 14.2. The molecule has 0 bridgehead atoms. The molecule has 0 aliphatic heterocycles. The largest absolute Gasteiger partial charge is 0.501 e. The number of hydrogen-bond donors (Lipinski definition) is 1. The summed E-state index contributed by atoms with van der Waals surface area (Å²) in [6.45, 7) is 8.33. The lowest BCUT2D eigenvalue weighted by atomic mass is 10.1. The Balaban J connectivity index is 2.91. The Kier molecular flexibility index (Phi) is 4.89. The molecule has 4 heteroatoms.